The Labute approximate surface area is 116 Å². The largest absolute Gasteiger partial charge is 0.196 e. The summed E-state index contributed by atoms with van der Waals surface area (Å²) in [6.07, 6.45) is 0. The smallest absolute Gasteiger partial charge is 0.156 e. The minimum atomic E-state index is 0.460. The van der Waals surface area contributed by atoms with Crippen LogP contribution in [0.5, 0.6) is 0 Å². The zero-order chi connectivity index (χ0) is 13.3. The maximum absolute atomic E-state index is 4.29. The van der Waals surface area contributed by atoms with Crippen molar-refractivity contribution >= 4 is 15.9 Å². The molecule has 0 saturated heterocycles. The number of benzene rings is 1. The van der Waals surface area contributed by atoms with E-state index in [2.05, 4.69) is 77.2 Å². The van der Waals surface area contributed by atoms with Crippen molar-refractivity contribution < 1.29 is 0 Å². The van der Waals surface area contributed by atoms with Crippen molar-refractivity contribution in [1.82, 2.24) is 15.4 Å². The molecule has 0 radical (unpaired) electrons. The van der Waals surface area contributed by atoms with Gasteiger partial charge in [0, 0.05) is 5.56 Å². The molecule has 2 rings (SSSR count). The summed E-state index contributed by atoms with van der Waals surface area (Å²) < 4.78 is 0.775. The van der Waals surface area contributed by atoms with Crippen LogP contribution in [0, 0.1) is 0 Å². The predicted molar refractivity (Wildman–Crippen MR) is 77.7 cm³/mol. The van der Waals surface area contributed by atoms with E-state index in [9.17, 15) is 0 Å². The third-order valence-corrected chi connectivity index (χ3v) is 3.67. The van der Waals surface area contributed by atoms with E-state index in [4.69, 9.17) is 0 Å². The van der Waals surface area contributed by atoms with Gasteiger partial charge < -0.3 is 0 Å². The molecular formula is C14H18BrN3. The zero-order valence-corrected chi connectivity index (χ0v) is 12.7. The number of nitrogens with zero attached hydrogens (tertiary/aromatic N) is 2. The third-order valence-electron chi connectivity index (χ3n) is 3.12. The van der Waals surface area contributed by atoms with Gasteiger partial charge in [0.05, 0.1) is 0 Å². The van der Waals surface area contributed by atoms with Crippen molar-refractivity contribution in [3.63, 3.8) is 0 Å². The van der Waals surface area contributed by atoms with Crippen molar-refractivity contribution in [2.75, 3.05) is 0 Å². The molecule has 0 atom stereocenters. The Morgan fingerprint density at radius 1 is 1.00 bits per heavy atom. The van der Waals surface area contributed by atoms with Crippen LogP contribution in [0.2, 0.25) is 0 Å². The molecule has 2 aromatic rings. The molecule has 0 aliphatic carbocycles. The van der Waals surface area contributed by atoms with Crippen LogP contribution in [0.4, 0.5) is 0 Å². The molecule has 0 amide bonds. The lowest BCUT2D eigenvalue weighted by Gasteiger charge is -2.18. The highest BCUT2D eigenvalue weighted by Crippen LogP contribution is 2.37. The van der Waals surface area contributed by atoms with Crippen molar-refractivity contribution in [3.8, 4) is 11.3 Å². The normalized spacial score (nSPS) is 11.5. The number of aromatic amines is 1. The molecule has 0 saturated carbocycles. The first kappa shape index (κ1) is 13.3. The van der Waals surface area contributed by atoms with Crippen LogP contribution in [-0.2, 0) is 0 Å². The summed E-state index contributed by atoms with van der Waals surface area (Å²) in [5.74, 6) is 0.921. The SMILES string of the molecule is CC(C)c1cccc(C(C)C)c1-c1n[nH]nc1Br. The Balaban J connectivity index is 2.72. The Kier molecular flexibility index (Phi) is 3.85. The highest BCUT2D eigenvalue weighted by atomic mass is 79.9. The van der Waals surface area contributed by atoms with Gasteiger partial charge in [0.15, 0.2) is 4.60 Å². The van der Waals surface area contributed by atoms with Crippen molar-refractivity contribution in [2.24, 2.45) is 0 Å². The Hall–Kier alpha value is -1.16. The zero-order valence-electron chi connectivity index (χ0n) is 11.2. The molecule has 0 spiro atoms. The number of halogens is 1. The van der Waals surface area contributed by atoms with E-state index in [0.29, 0.717) is 11.8 Å². The number of hydrogen-bond acceptors (Lipinski definition) is 2. The number of aromatic nitrogens is 3. The molecule has 0 unspecified atom stereocenters. The standard InChI is InChI=1S/C14H18BrN3/c1-8(2)10-6-5-7-11(9(3)4)12(10)13-14(15)17-18-16-13/h5-9H,1-4H3,(H,16,17,18). The van der Waals surface area contributed by atoms with E-state index in [1.165, 1.54) is 16.7 Å². The van der Waals surface area contributed by atoms with Crippen LogP contribution in [0.3, 0.4) is 0 Å². The Morgan fingerprint density at radius 2 is 1.56 bits per heavy atom. The van der Waals surface area contributed by atoms with Gasteiger partial charge in [-0.15, -0.1) is 5.10 Å². The molecule has 3 nitrogen and oxygen atoms in total. The average Bonchev–Trinajstić information content (AvgIpc) is 2.74. The molecule has 0 aliphatic rings. The summed E-state index contributed by atoms with van der Waals surface area (Å²) in [5, 5.41) is 11.0. The van der Waals surface area contributed by atoms with Gasteiger partial charge in [0.1, 0.15) is 5.69 Å². The maximum Gasteiger partial charge on any atom is 0.156 e. The first-order valence-corrected chi connectivity index (χ1v) is 7.01. The van der Waals surface area contributed by atoms with Crippen molar-refractivity contribution in [1.29, 1.82) is 0 Å². The van der Waals surface area contributed by atoms with Crippen LogP contribution < -0.4 is 0 Å². The number of H-pyrrole nitrogens is 1. The quantitative estimate of drug-likeness (QED) is 0.908. The lowest BCUT2D eigenvalue weighted by molar-refractivity contribution is 0.835. The Morgan fingerprint density at radius 3 is 1.94 bits per heavy atom. The number of hydrogen-bond donors (Lipinski definition) is 1. The van der Waals surface area contributed by atoms with E-state index in [1.807, 2.05) is 0 Å². The van der Waals surface area contributed by atoms with Gasteiger partial charge in [-0.05, 0) is 38.9 Å². The van der Waals surface area contributed by atoms with Gasteiger partial charge in [-0.2, -0.15) is 10.3 Å². The van der Waals surface area contributed by atoms with Crippen LogP contribution in [-0.4, -0.2) is 15.4 Å². The topological polar surface area (TPSA) is 41.6 Å². The van der Waals surface area contributed by atoms with Crippen molar-refractivity contribution in [2.45, 2.75) is 39.5 Å². The van der Waals surface area contributed by atoms with Crippen LogP contribution in [0.1, 0.15) is 50.7 Å². The molecular weight excluding hydrogens is 290 g/mol. The monoisotopic (exact) mass is 307 g/mol. The van der Waals surface area contributed by atoms with Crippen LogP contribution in [0.25, 0.3) is 11.3 Å². The molecule has 4 heteroatoms. The molecule has 0 aliphatic heterocycles. The first-order chi connectivity index (χ1) is 8.52. The fraction of sp³-hybridized carbons (Fsp3) is 0.429. The van der Waals surface area contributed by atoms with E-state index in [-0.39, 0.29) is 0 Å². The summed E-state index contributed by atoms with van der Waals surface area (Å²) >= 11 is 3.46. The second-order valence-corrected chi connectivity index (χ2v) is 5.84. The summed E-state index contributed by atoms with van der Waals surface area (Å²) in [6, 6.07) is 6.47. The molecule has 0 fully saturated rings. The first-order valence-electron chi connectivity index (χ1n) is 6.21. The fourth-order valence-corrected chi connectivity index (χ4v) is 2.57. The molecule has 96 valence electrons. The fourth-order valence-electron chi connectivity index (χ4n) is 2.20. The summed E-state index contributed by atoms with van der Waals surface area (Å²) in [6.45, 7) is 8.82. The highest BCUT2D eigenvalue weighted by Gasteiger charge is 2.19. The lowest BCUT2D eigenvalue weighted by Crippen LogP contribution is -2.00. The van der Waals surface area contributed by atoms with Crippen molar-refractivity contribution in [3.05, 3.63) is 33.9 Å². The van der Waals surface area contributed by atoms with E-state index >= 15 is 0 Å². The molecule has 18 heavy (non-hydrogen) atoms. The molecule has 1 aromatic heterocycles. The molecule has 1 heterocycles. The summed E-state index contributed by atoms with van der Waals surface area (Å²) in [7, 11) is 0. The summed E-state index contributed by atoms with van der Waals surface area (Å²) in [4.78, 5) is 0. The van der Waals surface area contributed by atoms with Crippen LogP contribution in [0.15, 0.2) is 22.8 Å². The van der Waals surface area contributed by atoms with Gasteiger partial charge in [0.2, 0.25) is 0 Å². The van der Waals surface area contributed by atoms with Gasteiger partial charge in [-0.25, -0.2) is 0 Å². The lowest BCUT2D eigenvalue weighted by atomic mass is 9.87. The Bertz CT molecular complexity index is 517. The second-order valence-electron chi connectivity index (χ2n) is 5.08. The summed E-state index contributed by atoms with van der Waals surface area (Å²) in [5.41, 5.74) is 4.75. The maximum atomic E-state index is 4.29. The molecule has 1 N–H and O–H groups in total. The van der Waals surface area contributed by atoms with Gasteiger partial charge in [-0.1, -0.05) is 45.9 Å². The van der Waals surface area contributed by atoms with Gasteiger partial charge >= 0.3 is 0 Å². The minimum absolute atomic E-state index is 0.460. The van der Waals surface area contributed by atoms with Gasteiger partial charge in [0.25, 0.3) is 0 Å². The number of nitrogens with one attached hydrogen (secondary N) is 1. The predicted octanol–water partition coefficient (Wildman–Crippen LogP) is 4.48. The highest BCUT2D eigenvalue weighted by molar-refractivity contribution is 9.10. The minimum Gasteiger partial charge on any atom is -0.196 e. The third kappa shape index (κ3) is 2.34. The van der Waals surface area contributed by atoms with E-state index < -0.39 is 0 Å². The average molecular weight is 308 g/mol. The van der Waals surface area contributed by atoms with Crippen LogP contribution >= 0.6 is 15.9 Å². The van der Waals surface area contributed by atoms with Gasteiger partial charge in [-0.3, -0.25) is 0 Å². The molecule has 0 bridgehead atoms. The second kappa shape index (κ2) is 5.22. The number of rotatable bonds is 3. The van der Waals surface area contributed by atoms with E-state index in [0.717, 1.165) is 10.3 Å². The molecule has 1 aromatic carbocycles. The van der Waals surface area contributed by atoms with E-state index in [1.54, 1.807) is 0 Å².